The molecule has 0 heterocycles. The zero-order valence-corrected chi connectivity index (χ0v) is 12.4. The molecule has 0 spiro atoms. The van der Waals surface area contributed by atoms with Crippen LogP contribution < -0.4 is 11.1 Å². The van der Waals surface area contributed by atoms with Crippen molar-refractivity contribution in [1.82, 2.24) is 4.90 Å². The molecule has 0 radical (unpaired) electrons. The molecule has 0 aliphatic rings. The summed E-state index contributed by atoms with van der Waals surface area (Å²) >= 11 is 0. The minimum Gasteiger partial charge on any atom is -0.328 e. The predicted molar refractivity (Wildman–Crippen MR) is 80.2 cm³/mol. The Hall–Kier alpha value is -1.62. The normalized spacial score (nSPS) is 13.7. The number of carbonyl (C=O) groups excluding carboxylic acids is 1. The van der Waals surface area contributed by atoms with Gasteiger partial charge >= 0.3 is 6.03 Å². The fraction of sp³-hybridized carbons (Fsp3) is 0.533. The Morgan fingerprint density at radius 2 is 2.15 bits per heavy atom. The number of halogens is 1. The van der Waals surface area contributed by atoms with E-state index in [4.69, 9.17) is 5.73 Å². The number of amides is 2. The fourth-order valence-electron chi connectivity index (χ4n) is 2.04. The number of hydrogen-bond acceptors (Lipinski definition) is 2. The van der Waals surface area contributed by atoms with Crippen LogP contribution in [0.4, 0.5) is 14.9 Å². The summed E-state index contributed by atoms with van der Waals surface area (Å²) in [7, 11) is 0. The molecule has 112 valence electrons. The molecule has 1 aromatic rings. The zero-order chi connectivity index (χ0) is 15.2. The Balaban J connectivity index is 2.89. The summed E-state index contributed by atoms with van der Waals surface area (Å²) < 4.78 is 13.1. The molecule has 5 heteroatoms. The molecule has 0 saturated heterocycles. The van der Waals surface area contributed by atoms with Crippen LogP contribution in [0.25, 0.3) is 0 Å². The second kappa shape index (κ2) is 7.24. The molecule has 0 aliphatic heterocycles. The molecular weight excluding hydrogens is 257 g/mol. The van der Waals surface area contributed by atoms with Gasteiger partial charge in [-0.05, 0) is 38.0 Å². The first-order valence-electron chi connectivity index (χ1n) is 7.01. The minimum atomic E-state index is -0.395. The smallest absolute Gasteiger partial charge is 0.322 e. The van der Waals surface area contributed by atoms with Gasteiger partial charge in [0.05, 0.1) is 5.54 Å². The molecule has 0 aromatic heterocycles. The summed E-state index contributed by atoms with van der Waals surface area (Å²) in [5.74, 6) is -0.373. The molecule has 0 aliphatic carbocycles. The topological polar surface area (TPSA) is 58.4 Å². The summed E-state index contributed by atoms with van der Waals surface area (Å²) in [6.07, 6.45) is 1.60. The maximum Gasteiger partial charge on any atom is 0.322 e. The van der Waals surface area contributed by atoms with E-state index in [2.05, 4.69) is 5.32 Å². The Morgan fingerprint density at radius 1 is 1.45 bits per heavy atom. The molecular formula is C15H24FN3O. The number of anilines is 1. The molecule has 0 fully saturated rings. The van der Waals surface area contributed by atoms with Crippen LogP contribution in [0.5, 0.6) is 0 Å². The average molecular weight is 281 g/mol. The van der Waals surface area contributed by atoms with Crippen LogP contribution in [0, 0.1) is 5.82 Å². The molecule has 0 bridgehead atoms. The van der Waals surface area contributed by atoms with Crippen molar-refractivity contribution >= 4 is 11.7 Å². The van der Waals surface area contributed by atoms with Gasteiger partial charge in [0.2, 0.25) is 0 Å². The van der Waals surface area contributed by atoms with Crippen LogP contribution in [0.15, 0.2) is 24.3 Å². The largest absolute Gasteiger partial charge is 0.328 e. The van der Waals surface area contributed by atoms with Gasteiger partial charge in [0.1, 0.15) is 5.82 Å². The Bertz CT molecular complexity index is 446. The third-order valence-corrected chi connectivity index (χ3v) is 3.62. The number of nitrogens with zero attached hydrogens (tertiary/aromatic N) is 1. The summed E-state index contributed by atoms with van der Waals surface area (Å²) in [4.78, 5) is 14.1. The van der Waals surface area contributed by atoms with Crippen LogP contribution in [0.1, 0.15) is 33.6 Å². The molecule has 1 atom stereocenters. The van der Waals surface area contributed by atoms with Crippen LogP contribution in [-0.4, -0.2) is 29.6 Å². The van der Waals surface area contributed by atoms with E-state index in [0.29, 0.717) is 18.8 Å². The van der Waals surface area contributed by atoms with E-state index in [1.54, 1.807) is 17.0 Å². The van der Waals surface area contributed by atoms with Crippen molar-refractivity contribution in [2.75, 3.05) is 18.4 Å². The maximum atomic E-state index is 13.1. The average Bonchev–Trinajstić information content (AvgIpc) is 2.44. The van der Waals surface area contributed by atoms with Gasteiger partial charge in [0, 0.05) is 18.8 Å². The quantitative estimate of drug-likeness (QED) is 0.841. The monoisotopic (exact) mass is 281 g/mol. The van der Waals surface area contributed by atoms with Crippen molar-refractivity contribution < 1.29 is 9.18 Å². The molecule has 4 nitrogen and oxygen atoms in total. The Kier molecular flexibility index (Phi) is 5.95. The van der Waals surface area contributed by atoms with Gasteiger partial charge in [-0.2, -0.15) is 0 Å². The lowest BCUT2D eigenvalue weighted by Gasteiger charge is -2.40. The lowest BCUT2D eigenvalue weighted by atomic mass is 9.96. The summed E-state index contributed by atoms with van der Waals surface area (Å²) in [5, 5.41) is 2.73. The second-order valence-corrected chi connectivity index (χ2v) is 5.15. The van der Waals surface area contributed by atoms with Gasteiger partial charge < -0.3 is 16.0 Å². The zero-order valence-electron chi connectivity index (χ0n) is 12.4. The Morgan fingerprint density at radius 3 is 2.65 bits per heavy atom. The van der Waals surface area contributed by atoms with E-state index in [-0.39, 0.29) is 11.8 Å². The lowest BCUT2D eigenvalue weighted by Crippen LogP contribution is -2.55. The van der Waals surface area contributed by atoms with Crippen LogP contribution in [0.3, 0.4) is 0 Å². The van der Waals surface area contributed by atoms with Crippen LogP contribution in [0.2, 0.25) is 0 Å². The molecule has 2 amide bonds. The maximum absolute atomic E-state index is 13.1. The van der Waals surface area contributed by atoms with Crippen molar-refractivity contribution in [3.8, 4) is 0 Å². The van der Waals surface area contributed by atoms with Crippen molar-refractivity contribution in [3.05, 3.63) is 30.1 Å². The van der Waals surface area contributed by atoms with Crippen molar-refractivity contribution in [2.45, 2.75) is 39.2 Å². The molecule has 20 heavy (non-hydrogen) atoms. The van der Waals surface area contributed by atoms with E-state index in [9.17, 15) is 9.18 Å². The summed E-state index contributed by atoms with van der Waals surface area (Å²) in [5.41, 5.74) is 5.88. The van der Waals surface area contributed by atoms with Gasteiger partial charge in [-0.1, -0.05) is 19.9 Å². The minimum absolute atomic E-state index is 0.243. The first kappa shape index (κ1) is 16.4. The van der Waals surface area contributed by atoms with Gasteiger partial charge in [0.15, 0.2) is 0 Å². The molecule has 0 saturated carbocycles. The van der Waals surface area contributed by atoms with Gasteiger partial charge in [-0.25, -0.2) is 9.18 Å². The lowest BCUT2D eigenvalue weighted by molar-refractivity contribution is 0.135. The number of nitrogens with two attached hydrogens (primary N) is 1. The first-order chi connectivity index (χ1) is 9.46. The van der Waals surface area contributed by atoms with Gasteiger partial charge in [-0.3, -0.25) is 0 Å². The van der Waals surface area contributed by atoms with Crippen molar-refractivity contribution in [2.24, 2.45) is 5.73 Å². The highest BCUT2D eigenvalue weighted by molar-refractivity contribution is 5.89. The van der Waals surface area contributed by atoms with Crippen LogP contribution in [-0.2, 0) is 0 Å². The third-order valence-electron chi connectivity index (χ3n) is 3.62. The number of nitrogens with one attached hydrogen (secondary N) is 1. The van der Waals surface area contributed by atoms with E-state index in [1.807, 2.05) is 20.8 Å². The third kappa shape index (κ3) is 3.93. The van der Waals surface area contributed by atoms with E-state index < -0.39 is 5.54 Å². The number of benzene rings is 1. The highest BCUT2D eigenvalue weighted by Crippen LogP contribution is 2.20. The summed E-state index contributed by atoms with van der Waals surface area (Å²) in [6.45, 7) is 6.98. The molecule has 1 aromatic carbocycles. The van der Waals surface area contributed by atoms with Gasteiger partial charge in [-0.15, -0.1) is 0 Å². The van der Waals surface area contributed by atoms with Crippen molar-refractivity contribution in [3.63, 3.8) is 0 Å². The standard InChI is InChI=1S/C15H24FN3O/c1-4-9-19(15(3,5-2)11-17)14(20)18-13-8-6-7-12(16)10-13/h6-8,10H,4-5,9,11,17H2,1-3H3,(H,18,20). The summed E-state index contributed by atoms with van der Waals surface area (Å²) in [6, 6.07) is 5.63. The highest BCUT2D eigenvalue weighted by Gasteiger charge is 2.32. The van der Waals surface area contributed by atoms with E-state index >= 15 is 0 Å². The van der Waals surface area contributed by atoms with E-state index in [0.717, 1.165) is 12.8 Å². The number of hydrogen-bond donors (Lipinski definition) is 2. The predicted octanol–water partition coefficient (Wildman–Crippen LogP) is 3.20. The Labute approximate surface area is 120 Å². The number of carbonyl (C=O) groups is 1. The van der Waals surface area contributed by atoms with Gasteiger partial charge in [0.25, 0.3) is 0 Å². The molecule has 3 N–H and O–H groups in total. The molecule has 1 rings (SSSR count). The fourth-order valence-corrected chi connectivity index (χ4v) is 2.04. The molecule has 1 unspecified atom stereocenters. The van der Waals surface area contributed by atoms with Crippen molar-refractivity contribution in [1.29, 1.82) is 0 Å². The SMILES string of the molecule is CCCN(C(=O)Nc1cccc(F)c1)C(C)(CC)CN. The van der Waals surface area contributed by atoms with E-state index in [1.165, 1.54) is 12.1 Å². The number of urea groups is 1. The first-order valence-corrected chi connectivity index (χ1v) is 7.01. The van der Waals surface area contributed by atoms with Crippen LogP contribution >= 0.6 is 0 Å². The number of rotatable bonds is 6. The second-order valence-electron chi connectivity index (χ2n) is 5.15. The highest BCUT2D eigenvalue weighted by atomic mass is 19.1.